The van der Waals surface area contributed by atoms with E-state index < -0.39 is 0 Å². The van der Waals surface area contributed by atoms with Gasteiger partial charge in [0.25, 0.3) is 5.91 Å². The second-order valence-electron chi connectivity index (χ2n) is 7.62. The van der Waals surface area contributed by atoms with Crippen molar-refractivity contribution < 1.29 is 14.4 Å². The highest BCUT2D eigenvalue weighted by atomic mass is 16.2. The van der Waals surface area contributed by atoms with Crippen molar-refractivity contribution >= 4 is 29.2 Å². The Labute approximate surface area is 159 Å². The molecule has 2 heterocycles. The van der Waals surface area contributed by atoms with Gasteiger partial charge >= 0.3 is 6.03 Å². The number of imide groups is 1. The molecule has 3 fully saturated rings. The molecule has 1 aromatic carbocycles. The predicted molar refractivity (Wildman–Crippen MR) is 103 cm³/mol. The van der Waals surface area contributed by atoms with Gasteiger partial charge in [0.2, 0.25) is 5.91 Å². The van der Waals surface area contributed by atoms with Gasteiger partial charge in [0.1, 0.15) is 13.1 Å². The molecule has 1 aromatic rings. The first-order valence-corrected chi connectivity index (χ1v) is 9.87. The van der Waals surface area contributed by atoms with Crippen LogP contribution < -0.4 is 10.2 Å². The highest BCUT2D eigenvalue weighted by Crippen LogP contribution is 2.30. The van der Waals surface area contributed by atoms with E-state index in [0.717, 1.165) is 30.8 Å². The monoisotopic (exact) mass is 370 g/mol. The summed E-state index contributed by atoms with van der Waals surface area (Å²) < 4.78 is 0. The van der Waals surface area contributed by atoms with Crippen LogP contribution in [0.5, 0.6) is 0 Å². The normalized spacial score (nSPS) is 20.8. The fraction of sp³-hybridized carbons (Fsp3) is 0.550. The van der Waals surface area contributed by atoms with Crippen LogP contribution >= 0.6 is 0 Å². The Kier molecular flexibility index (Phi) is 5.01. The fourth-order valence-electron chi connectivity index (χ4n) is 3.82. The summed E-state index contributed by atoms with van der Waals surface area (Å²) >= 11 is 0. The number of urea groups is 1. The first-order chi connectivity index (χ1) is 13.1. The molecule has 1 saturated carbocycles. The van der Waals surface area contributed by atoms with E-state index in [1.54, 1.807) is 4.90 Å². The Morgan fingerprint density at radius 2 is 1.67 bits per heavy atom. The maximum Gasteiger partial charge on any atom is 0.327 e. The number of hydrogen-bond donors (Lipinski definition) is 1. The maximum atomic E-state index is 12.3. The molecule has 2 aliphatic heterocycles. The zero-order chi connectivity index (χ0) is 18.8. The van der Waals surface area contributed by atoms with E-state index in [1.807, 2.05) is 24.3 Å². The molecule has 0 unspecified atom stereocenters. The standard InChI is InChI=1S/C20H26N4O3/c25-18(13-24-19(26)14-23(20(24)27)17-9-10-17)21-15-5-7-16(8-6-15)22-11-3-1-2-4-12-22/h5-8,17H,1-4,9-14H2,(H,21,25). The minimum atomic E-state index is -0.350. The molecule has 7 heteroatoms. The highest BCUT2D eigenvalue weighted by molar-refractivity contribution is 6.06. The summed E-state index contributed by atoms with van der Waals surface area (Å²) in [6.07, 6.45) is 6.90. The van der Waals surface area contributed by atoms with Crippen LogP contribution in [0.3, 0.4) is 0 Å². The molecule has 0 radical (unpaired) electrons. The van der Waals surface area contributed by atoms with E-state index in [4.69, 9.17) is 0 Å². The van der Waals surface area contributed by atoms with Gasteiger partial charge in [-0.3, -0.25) is 14.5 Å². The van der Waals surface area contributed by atoms with Gasteiger partial charge in [0, 0.05) is 30.5 Å². The molecule has 27 heavy (non-hydrogen) atoms. The Morgan fingerprint density at radius 3 is 2.30 bits per heavy atom. The molecular weight excluding hydrogens is 344 g/mol. The van der Waals surface area contributed by atoms with Gasteiger partial charge in [-0.2, -0.15) is 0 Å². The molecule has 4 rings (SSSR count). The number of carbonyl (C=O) groups is 3. The number of benzene rings is 1. The number of hydrogen-bond acceptors (Lipinski definition) is 4. The lowest BCUT2D eigenvalue weighted by Gasteiger charge is -2.23. The molecule has 0 aromatic heterocycles. The number of amides is 4. The Hall–Kier alpha value is -2.57. The molecule has 1 N–H and O–H groups in total. The lowest BCUT2D eigenvalue weighted by Crippen LogP contribution is -2.39. The molecule has 1 aliphatic carbocycles. The van der Waals surface area contributed by atoms with Crippen molar-refractivity contribution in [3.05, 3.63) is 24.3 Å². The van der Waals surface area contributed by atoms with Gasteiger partial charge in [-0.05, 0) is 49.9 Å². The number of nitrogens with zero attached hydrogens (tertiary/aromatic N) is 3. The van der Waals surface area contributed by atoms with Crippen LogP contribution in [0.25, 0.3) is 0 Å². The second kappa shape index (κ2) is 7.58. The summed E-state index contributed by atoms with van der Waals surface area (Å²) in [6, 6.07) is 7.63. The van der Waals surface area contributed by atoms with Crippen molar-refractivity contribution in [2.75, 3.05) is 36.4 Å². The van der Waals surface area contributed by atoms with Crippen LogP contribution in [0.15, 0.2) is 24.3 Å². The summed E-state index contributed by atoms with van der Waals surface area (Å²) in [5.41, 5.74) is 1.84. The zero-order valence-corrected chi connectivity index (χ0v) is 15.5. The van der Waals surface area contributed by atoms with Crippen LogP contribution in [0.2, 0.25) is 0 Å². The van der Waals surface area contributed by atoms with Crippen LogP contribution in [0.4, 0.5) is 16.2 Å². The third-order valence-electron chi connectivity index (χ3n) is 5.49. The number of rotatable bonds is 5. The Bertz CT molecular complexity index is 721. The summed E-state index contributed by atoms with van der Waals surface area (Å²) in [5, 5.41) is 2.79. The van der Waals surface area contributed by atoms with Crippen LogP contribution in [-0.4, -0.2) is 59.9 Å². The average Bonchev–Trinajstić information content (AvgIpc) is 3.48. The van der Waals surface area contributed by atoms with E-state index >= 15 is 0 Å². The second-order valence-corrected chi connectivity index (χ2v) is 7.62. The van der Waals surface area contributed by atoms with E-state index in [9.17, 15) is 14.4 Å². The van der Waals surface area contributed by atoms with Crippen LogP contribution in [0, 0.1) is 0 Å². The van der Waals surface area contributed by atoms with Crippen molar-refractivity contribution in [2.45, 2.75) is 44.6 Å². The van der Waals surface area contributed by atoms with Crippen molar-refractivity contribution in [3.8, 4) is 0 Å². The minimum absolute atomic E-state index is 0.0985. The number of nitrogens with one attached hydrogen (secondary N) is 1. The van der Waals surface area contributed by atoms with Crippen molar-refractivity contribution in [2.24, 2.45) is 0 Å². The van der Waals surface area contributed by atoms with Gasteiger partial charge in [0.15, 0.2) is 0 Å². The van der Waals surface area contributed by atoms with Crippen molar-refractivity contribution in [1.29, 1.82) is 0 Å². The Morgan fingerprint density at radius 1 is 1.00 bits per heavy atom. The van der Waals surface area contributed by atoms with Crippen molar-refractivity contribution in [1.82, 2.24) is 9.80 Å². The van der Waals surface area contributed by atoms with Crippen LogP contribution in [0.1, 0.15) is 38.5 Å². The van der Waals surface area contributed by atoms with Crippen molar-refractivity contribution in [3.63, 3.8) is 0 Å². The summed E-state index contributed by atoms with van der Waals surface area (Å²) in [7, 11) is 0. The third-order valence-corrected chi connectivity index (χ3v) is 5.49. The number of anilines is 2. The lowest BCUT2D eigenvalue weighted by atomic mass is 10.2. The molecule has 0 bridgehead atoms. The highest BCUT2D eigenvalue weighted by Gasteiger charge is 2.44. The van der Waals surface area contributed by atoms with Gasteiger partial charge in [-0.1, -0.05) is 12.8 Å². The topological polar surface area (TPSA) is 73.0 Å². The van der Waals surface area contributed by atoms with E-state index in [2.05, 4.69) is 10.2 Å². The Balaban J connectivity index is 1.32. The molecule has 7 nitrogen and oxygen atoms in total. The van der Waals surface area contributed by atoms with E-state index in [-0.39, 0.29) is 37.0 Å². The number of carbonyl (C=O) groups excluding carboxylic acids is 3. The van der Waals surface area contributed by atoms with E-state index in [1.165, 1.54) is 31.4 Å². The van der Waals surface area contributed by atoms with Crippen LogP contribution in [-0.2, 0) is 9.59 Å². The SMILES string of the molecule is O=C(CN1C(=O)CN(C2CC2)C1=O)Nc1ccc(N2CCCCCC2)cc1. The third kappa shape index (κ3) is 4.07. The molecule has 0 atom stereocenters. The predicted octanol–water partition coefficient (Wildman–Crippen LogP) is 2.43. The summed E-state index contributed by atoms with van der Waals surface area (Å²) in [4.78, 5) is 41.6. The minimum Gasteiger partial charge on any atom is -0.372 e. The maximum absolute atomic E-state index is 12.3. The van der Waals surface area contributed by atoms with Gasteiger partial charge in [0.05, 0.1) is 0 Å². The molecule has 2 saturated heterocycles. The molecule has 3 aliphatic rings. The molecule has 0 spiro atoms. The smallest absolute Gasteiger partial charge is 0.327 e. The van der Waals surface area contributed by atoms with Gasteiger partial charge in [-0.15, -0.1) is 0 Å². The summed E-state index contributed by atoms with van der Waals surface area (Å²) in [5.74, 6) is -0.643. The molecular formula is C20H26N4O3. The van der Waals surface area contributed by atoms with Gasteiger partial charge in [-0.25, -0.2) is 4.79 Å². The van der Waals surface area contributed by atoms with Gasteiger partial charge < -0.3 is 15.1 Å². The lowest BCUT2D eigenvalue weighted by molar-refractivity contribution is -0.129. The fourth-order valence-corrected chi connectivity index (χ4v) is 3.82. The zero-order valence-electron chi connectivity index (χ0n) is 15.5. The molecule has 144 valence electrons. The summed E-state index contributed by atoms with van der Waals surface area (Å²) in [6.45, 7) is 2.01. The average molecular weight is 370 g/mol. The first kappa shape index (κ1) is 17.8. The first-order valence-electron chi connectivity index (χ1n) is 9.87. The quantitative estimate of drug-likeness (QED) is 0.808. The largest absolute Gasteiger partial charge is 0.372 e. The van der Waals surface area contributed by atoms with E-state index in [0.29, 0.717) is 5.69 Å². The molecule has 4 amide bonds.